The van der Waals surface area contributed by atoms with Crippen LogP contribution in [-0.4, -0.2) is 22.2 Å². The zero-order valence-electron chi connectivity index (χ0n) is 17.6. The lowest BCUT2D eigenvalue weighted by Gasteiger charge is -2.07. The number of nitriles is 1. The van der Waals surface area contributed by atoms with Crippen molar-refractivity contribution in [3.05, 3.63) is 107 Å². The first-order chi connectivity index (χ1) is 15.6. The molecule has 0 aliphatic carbocycles. The van der Waals surface area contributed by atoms with Crippen molar-refractivity contribution in [3.8, 4) is 28.7 Å². The Balaban J connectivity index is 1.77. The lowest BCUT2D eigenvalue weighted by molar-refractivity contribution is -0.140. The molecule has 0 aliphatic heterocycles. The number of imidazole rings is 1. The smallest absolute Gasteiger partial charge is 0.337 e. The third kappa shape index (κ3) is 4.23. The van der Waals surface area contributed by atoms with Crippen molar-refractivity contribution < 1.29 is 9.53 Å². The van der Waals surface area contributed by atoms with Gasteiger partial charge in [0.2, 0.25) is 0 Å². The number of nitrogens with zero attached hydrogens (tertiary/aromatic N) is 3. The van der Waals surface area contributed by atoms with Gasteiger partial charge in [-0.15, -0.1) is 0 Å². The van der Waals surface area contributed by atoms with E-state index in [0.717, 1.165) is 28.2 Å². The van der Waals surface area contributed by atoms with Crippen LogP contribution in [-0.2, 0) is 16.0 Å². The first kappa shape index (κ1) is 20.9. The molecule has 0 spiro atoms. The maximum absolute atomic E-state index is 13.4. The summed E-state index contributed by atoms with van der Waals surface area (Å²) in [6.07, 6.45) is 2.69. The lowest BCUT2D eigenvalue weighted by atomic mass is 10.1. The number of hydrogen-bond acceptors (Lipinski definition) is 4. The number of benzene rings is 3. The molecule has 6 heteroatoms. The summed E-state index contributed by atoms with van der Waals surface area (Å²) >= 11 is 0. The van der Waals surface area contributed by atoms with E-state index in [0.29, 0.717) is 18.4 Å². The maximum atomic E-state index is 13.4. The molecule has 1 aromatic heterocycles. The van der Waals surface area contributed by atoms with E-state index in [9.17, 15) is 9.59 Å². The van der Waals surface area contributed by atoms with E-state index in [1.807, 2.05) is 66.7 Å². The van der Waals surface area contributed by atoms with Crippen LogP contribution in [0.5, 0.6) is 0 Å². The van der Waals surface area contributed by atoms with Crippen LogP contribution in [0.2, 0.25) is 0 Å². The minimum Gasteiger partial charge on any atom is -0.469 e. The molecule has 4 rings (SSSR count). The fraction of sp³-hybridized carbons (Fsp3) is 0.115. The van der Waals surface area contributed by atoms with Gasteiger partial charge in [0.25, 0.3) is 0 Å². The van der Waals surface area contributed by atoms with Gasteiger partial charge in [-0.3, -0.25) is 13.9 Å². The molecule has 4 aromatic rings. The monoisotopic (exact) mass is 423 g/mol. The normalized spacial score (nSPS) is 10.5. The largest absolute Gasteiger partial charge is 0.469 e. The van der Waals surface area contributed by atoms with Gasteiger partial charge in [0.05, 0.1) is 35.8 Å². The minimum absolute atomic E-state index is 0.196. The summed E-state index contributed by atoms with van der Waals surface area (Å²) in [5.74, 6) is -0.253. The molecule has 0 amide bonds. The number of esters is 1. The van der Waals surface area contributed by atoms with Crippen LogP contribution in [0.25, 0.3) is 22.6 Å². The van der Waals surface area contributed by atoms with Gasteiger partial charge in [-0.25, -0.2) is 4.79 Å². The number of hydrogen-bond donors (Lipinski definition) is 0. The van der Waals surface area contributed by atoms with Gasteiger partial charge in [-0.2, -0.15) is 5.26 Å². The predicted octanol–water partition coefficient (Wildman–Crippen LogP) is 4.27. The highest BCUT2D eigenvalue weighted by Crippen LogP contribution is 2.24. The molecule has 0 saturated heterocycles. The molecule has 0 unspecified atom stereocenters. The van der Waals surface area contributed by atoms with Crippen LogP contribution in [0.15, 0.2) is 89.9 Å². The van der Waals surface area contributed by atoms with Crippen LogP contribution in [0, 0.1) is 11.3 Å². The van der Waals surface area contributed by atoms with E-state index in [1.54, 1.807) is 27.5 Å². The summed E-state index contributed by atoms with van der Waals surface area (Å²) < 4.78 is 7.95. The highest BCUT2D eigenvalue weighted by atomic mass is 16.5. The molecule has 0 radical (unpaired) electrons. The predicted molar refractivity (Wildman–Crippen MR) is 122 cm³/mol. The molecular formula is C26H21N3O3. The number of methoxy groups -OCH3 is 1. The lowest BCUT2D eigenvalue weighted by Crippen LogP contribution is -2.22. The summed E-state index contributed by atoms with van der Waals surface area (Å²) in [6.45, 7) is 0. The first-order valence-corrected chi connectivity index (χ1v) is 10.2. The topological polar surface area (TPSA) is 77.0 Å². The van der Waals surface area contributed by atoms with E-state index < -0.39 is 0 Å². The Morgan fingerprint density at radius 3 is 2.25 bits per heavy atom. The highest BCUT2D eigenvalue weighted by Gasteiger charge is 2.16. The molecule has 0 fully saturated rings. The van der Waals surface area contributed by atoms with Crippen molar-refractivity contribution in [2.75, 3.05) is 7.11 Å². The van der Waals surface area contributed by atoms with E-state index in [1.165, 1.54) is 7.11 Å². The second-order valence-electron chi connectivity index (χ2n) is 7.27. The van der Waals surface area contributed by atoms with Gasteiger partial charge in [0, 0.05) is 18.2 Å². The Morgan fingerprint density at radius 2 is 1.62 bits per heavy atom. The minimum atomic E-state index is -0.253. The molecular weight excluding hydrogens is 402 g/mol. The molecule has 0 bridgehead atoms. The number of aryl methyl sites for hydroxylation is 1. The van der Waals surface area contributed by atoms with Gasteiger partial charge >= 0.3 is 11.7 Å². The summed E-state index contributed by atoms with van der Waals surface area (Å²) in [6, 6.07) is 26.3. The Bertz CT molecular complexity index is 1330. The first-order valence-electron chi connectivity index (χ1n) is 10.2. The van der Waals surface area contributed by atoms with E-state index in [-0.39, 0.29) is 11.7 Å². The van der Waals surface area contributed by atoms with E-state index >= 15 is 0 Å². The summed E-state index contributed by atoms with van der Waals surface area (Å²) in [7, 11) is 1.38. The van der Waals surface area contributed by atoms with Crippen molar-refractivity contribution in [2.45, 2.75) is 12.8 Å². The van der Waals surface area contributed by atoms with Crippen LogP contribution >= 0.6 is 0 Å². The zero-order chi connectivity index (χ0) is 22.5. The Kier molecular flexibility index (Phi) is 6.00. The number of carbonyl (C=O) groups is 1. The van der Waals surface area contributed by atoms with Gasteiger partial charge in [0.1, 0.15) is 0 Å². The number of carbonyl (C=O) groups excluding carboxylic acids is 1. The fourth-order valence-corrected chi connectivity index (χ4v) is 3.55. The van der Waals surface area contributed by atoms with Gasteiger partial charge in [-0.1, -0.05) is 42.5 Å². The zero-order valence-corrected chi connectivity index (χ0v) is 17.6. The van der Waals surface area contributed by atoms with Crippen molar-refractivity contribution in [3.63, 3.8) is 0 Å². The molecule has 0 atom stereocenters. The van der Waals surface area contributed by atoms with Gasteiger partial charge < -0.3 is 4.74 Å². The third-order valence-electron chi connectivity index (χ3n) is 5.27. The van der Waals surface area contributed by atoms with Crippen molar-refractivity contribution in [1.29, 1.82) is 5.26 Å². The van der Waals surface area contributed by atoms with Crippen molar-refractivity contribution in [1.82, 2.24) is 9.13 Å². The van der Waals surface area contributed by atoms with Crippen molar-refractivity contribution >= 4 is 5.97 Å². The van der Waals surface area contributed by atoms with Gasteiger partial charge in [-0.05, 0) is 48.4 Å². The van der Waals surface area contributed by atoms with Gasteiger partial charge in [0.15, 0.2) is 0 Å². The summed E-state index contributed by atoms with van der Waals surface area (Å²) in [5.41, 5.74) is 4.38. The molecule has 0 N–H and O–H groups in total. The average Bonchev–Trinajstić information content (AvgIpc) is 3.20. The molecule has 32 heavy (non-hydrogen) atoms. The van der Waals surface area contributed by atoms with E-state index in [4.69, 9.17) is 10.00 Å². The van der Waals surface area contributed by atoms with Crippen LogP contribution in [0.3, 0.4) is 0 Å². The number of aromatic nitrogens is 2. The summed E-state index contributed by atoms with van der Waals surface area (Å²) in [4.78, 5) is 24.8. The molecule has 1 heterocycles. The van der Waals surface area contributed by atoms with Crippen LogP contribution in [0.4, 0.5) is 0 Å². The van der Waals surface area contributed by atoms with Crippen molar-refractivity contribution in [2.24, 2.45) is 0 Å². The Labute approximate surface area is 185 Å². The maximum Gasteiger partial charge on any atom is 0.337 e. The standard InChI is InChI=1S/C26H21N3O3/c1-32-25(30)16-11-19-9-14-22(15-10-19)28-18-24(21-12-7-20(17-27)8-13-21)29(26(28)31)23-5-3-2-4-6-23/h2-10,12-15,18H,11,16H2,1H3. The van der Waals surface area contributed by atoms with Crippen LogP contribution < -0.4 is 5.69 Å². The molecule has 6 nitrogen and oxygen atoms in total. The van der Waals surface area contributed by atoms with Crippen LogP contribution in [0.1, 0.15) is 17.5 Å². The molecule has 3 aromatic carbocycles. The average molecular weight is 423 g/mol. The third-order valence-corrected chi connectivity index (χ3v) is 5.27. The highest BCUT2D eigenvalue weighted by molar-refractivity contribution is 5.69. The second-order valence-corrected chi connectivity index (χ2v) is 7.27. The number of rotatable bonds is 6. The Hall–Kier alpha value is -4.37. The Morgan fingerprint density at radius 1 is 0.938 bits per heavy atom. The quantitative estimate of drug-likeness (QED) is 0.434. The SMILES string of the molecule is COC(=O)CCc1ccc(-n2cc(-c3ccc(C#N)cc3)n(-c3ccccc3)c2=O)cc1. The second kappa shape index (κ2) is 9.19. The number of ether oxygens (including phenoxy) is 1. The molecule has 0 saturated carbocycles. The number of para-hydroxylation sites is 1. The van der Waals surface area contributed by atoms with E-state index in [2.05, 4.69) is 6.07 Å². The summed E-state index contributed by atoms with van der Waals surface area (Å²) in [5, 5.41) is 9.10. The molecule has 158 valence electrons. The molecule has 0 aliphatic rings. The fourth-order valence-electron chi connectivity index (χ4n) is 3.55.